The lowest BCUT2D eigenvalue weighted by Crippen LogP contribution is -2.42. The Balaban J connectivity index is 1.75. The molecule has 3 rings (SSSR count). The van der Waals surface area contributed by atoms with Crippen LogP contribution in [0.15, 0.2) is 30.3 Å². The molecule has 1 aliphatic rings. The molecule has 1 amide bonds. The van der Waals surface area contributed by atoms with E-state index in [0.717, 1.165) is 27.8 Å². The Morgan fingerprint density at radius 3 is 2.95 bits per heavy atom. The van der Waals surface area contributed by atoms with Crippen LogP contribution in [0.1, 0.15) is 29.4 Å². The van der Waals surface area contributed by atoms with E-state index in [0.29, 0.717) is 19.7 Å². The number of thiophene rings is 1. The SMILES string of the molecule is CCOC(=O)C1CCCN(C(=O)c2cc3ccccc3s2)C1. The number of hydrogen-bond donors (Lipinski definition) is 0. The number of ether oxygens (including phenoxy) is 1. The molecule has 1 atom stereocenters. The van der Waals surface area contributed by atoms with Crippen molar-refractivity contribution >= 4 is 33.3 Å². The van der Waals surface area contributed by atoms with Gasteiger partial charge in [0.2, 0.25) is 0 Å². The average molecular weight is 317 g/mol. The number of piperidine rings is 1. The maximum Gasteiger partial charge on any atom is 0.310 e. The Bertz CT molecular complexity index is 661. The molecule has 22 heavy (non-hydrogen) atoms. The number of carbonyl (C=O) groups excluding carboxylic acids is 2. The first-order valence-electron chi connectivity index (χ1n) is 7.63. The lowest BCUT2D eigenvalue weighted by molar-refractivity contribution is -0.149. The lowest BCUT2D eigenvalue weighted by atomic mass is 9.98. The minimum Gasteiger partial charge on any atom is -0.466 e. The van der Waals surface area contributed by atoms with E-state index in [1.807, 2.05) is 30.3 Å². The van der Waals surface area contributed by atoms with Crippen molar-refractivity contribution in [2.45, 2.75) is 19.8 Å². The van der Waals surface area contributed by atoms with Gasteiger partial charge in [-0.15, -0.1) is 11.3 Å². The number of benzene rings is 1. The summed E-state index contributed by atoms with van der Waals surface area (Å²) < 4.78 is 6.20. The van der Waals surface area contributed by atoms with Crippen molar-refractivity contribution in [3.05, 3.63) is 35.2 Å². The molecular formula is C17H19NO3S. The molecule has 0 aliphatic carbocycles. The summed E-state index contributed by atoms with van der Waals surface area (Å²) in [7, 11) is 0. The number of likely N-dealkylation sites (tertiary alicyclic amines) is 1. The second-order valence-electron chi connectivity index (χ2n) is 5.49. The highest BCUT2D eigenvalue weighted by atomic mass is 32.1. The van der Waals surface area contributed by atoms with Gasteiger partial charge in [-0.2, -0.15) is 0 Å². The summed E-state index contributed by atoms with van der Waals surface area (Å²) in [5.74, 6) is -0.349. The first-order valence-corrected chi connectivity index (χ1v) is 8.45. The van der Waals surface area contributed by atoms with Gasteiger partial charge in [0, 0.05) is 17.8 Å². The molecule has 0 radical (unpaired) electrons. The van der Waals surface area contributed by atoms with Crippen molar-refractivity contribution in [3.8, 4) is 0 Å². The van der Waals surface area contributed by atoms with Crippen molar-refractivity contribution < 1.29 is 14.3 Å². The lowest BCUT2D eigenvalue weighted by Gasteiger charge is -2.31. The highest BCUT2D eigenvalue weighted by Crippen LogP contribution is 2.28. The van der Waals surface area contributed by atoms with Crippen molar-refractivity contribution in [3.63, 3.8) is 0 Å². The van der Waals surface area contributed by atoms with Gasteiger partial charge in [0.25, 0.3) is 5.91 Å². The molecule has 5 heteroatoms. The van der Waals surface area contributed by atoms with E-state index < -0.39 is 0 Å². The van der Waals surface area contributed by atoms with Crippen molar-refractivity contribution in [1.82, 2.24) is 4.90 Å². The van der Waals surface area contributed by atoms with Gasteiger partial charge < -0.3 is 9.64 Å². The molecule has 0 spiro atoms. The molecule has 0 saturated carbocycles. The van der Waals surface area contributed by atoms with Crippen molar-refractivity contribution in [2.24, 2.45) is 5.92 Å². The van der Waals surface area contributed by atoms with Gasteiger partial charge in [-0.25, -0.2) is 0 Å². The van der Waals surface area contributed by atoms with Crippen LogP contribution in [0.3, 0.4) is 0 Å². The van der Waals surface area contributed by atoms with Crippen LogP contribution in [0.4, 0.5) is 0 Å². The fraction of sp³-hybridized carbons (Fsp3) is 0.412. The zero-order valence-electron chi connectivity index (χ0n) is 12.6. The highest BCUT2D eigenvalue weighted by Gasteiger charge is 2.30. The van der Waals surface area contributed by atoms with Gasteiger partial charge in [-0.1, -0.05) is 18.2 Å². The predicted molar refractivity (Wildman–Crippen MR) is 87.1 cm³/mol. The summed E-state index contributed by atoms with van der Waals surface area (Å²) in [5, 5.41) is 1.09. The second-order valence-corrected chi connectivity index (χ2v) is 6.57. The molecule has 1 saturated heterocycles. The van der Waals surface area contributed by atoms with Gasteiger partial charge in [0.1, 0.15) is 0 Å². The quantitative estimate of drug-likeness (QED) is 0.816. The zero-order valence-corrected chi connectivity index (χ0v) is 13.4. The number of hydrogen-bond acceptors (Lipinski definition) is 4. The number of rotatable bonds is 3. The van der Waals surface area contributed by atoms with Crippen molar-refractivity contribution in [1.29, 1.82) is 0 Å². The summed E-state index contributed by atoms with van der Waals surface area (Å²) in [6, 6.07) is 9.93. The molecule has 1 aliphatic heterocycles. The summed E-state index contributed by atoms with van der Waals surface area (Å²) >= 11 is 1.51. The Labute approximate surface area is 133 Å². The predicted octanol–water partition coefficient (Wildman–Crippen LogP) is 3.32. The van der Waals surface area contributed by atoms with Crippen LogP contribution < -0.4 is 0 Å². The molecule has 0 N–H and O–H groups in total. The fourth-order valence-corrected chi connectivity index (χ4v) is 3.89. The normalized spacial score (nSPS) is 18.4. The van der Waals surface area contributed by atoms with E-state index in [2.05, 4.69) is 0 Å². The van der Waals surface area contributed by atoms with Gasteiger partial charge in [0.05, 0.1) is 17.4 Å². The van der Waals surface area contributed by atoms with E-state index in [1.54, 1.807) is 11.8 Å². The molecule has 116 valence electrons. The zero-order chi connectivity index (χ0) is 15.5. The number of carbonyl (C=O) groups is 2. The van der Waals surface area contributed by atoms with Crippen LogP contribution in [-0.4, -0.2) is 36.5 Å². The first-order chi connectivity index (χ1) is 10.7. The van der Waals surface area contributed by atoms with Gasteiger partial charge in [-0.05, 0) is 37.3 Å². The molecule has 2 aromatic rings. The van der Waals surface area contributed by atoms with Crippen LogP contribution in [0.25, 0.3) is 10.1 Å². The molecular weight excluding hydrogens is 298 g/mol. The van der Waals surface area contributed by atoms with Gasteiger partial charge in [-0.3, -0.25) is 9.59 Å². The summed E-state index contributed by atoms with van der Waals surface area (Å²) in [6.45, 7) is 3.37. The molecule has 2 heterocycles. The summed E-state index contributed by atoms with van der Waals surface area (Å²) in [5.41, 5.74) is 0. The smallest absolute Gasteiger partial charge is 0.310 e. The number of esters is 1. The third-order valence-electron chi connectivity index (χ3n) is 3.96. The Kier molecular flexibility index (Phi) is 4.43. The standard InChI is InChI=1S/C17H19NO3S/c1-2-21-17(20)13-7-5-9-18(11-13)16(19)15-10-12-6-3-4-8-14(12)22-15/h3-4,6,8,10,13H,2,5,7,9,11H2,1H3. The van der Waals surface area contributed by atoms with E-state index in [9.17, 15) is 9.59 Å². The van der Waals surface area contributed by atoms with E-state index >= 15 is 0 Å². The summed E-state index contributed by atoms with van der Waals surface area (Å²) in [4.78, 5) is 27.1. The highest BCUT2D eigenvalue weighted by molar-refractivity contribution is 7.20. The third kappa shape index (κ3) is 2.99. The van der Waals surface area contributed by atoms with Crippen molar-refractivity contribution in [2.75, 3.05) is 19.7 Å². The molecule has 1 unspecified atom stereocenters. The molecule has 1 aromatic heterocycles. The van der Waals surface area contributed by atoms with Gasteiger partial charge in [0.15, 0.2) is 0 Å². The Morgan fingerprint density at radius 2 is 2.18 bits per heavy atom. The Hall–Kier alpha value is -1.88. The van der Waals surface area contributed by atoms with Crippen LogP contribution >= 0.6 is 11.3 Å². The maximum absolute atomic E-state index is 12.7. The maximum atomic E-state index is 12.7. The minimum absolute atomic E-state index is 0.0233. The molecule has 1 fully saturated rings. The monoisotopic (exact) mass is 317 g/mol. The van der Waals surface area contributed by atoms with Crippen LogP contribution in [0, 0.1) is 5.92 Å². The topological polar surface area (TPSA) is 46.6 Å². The van der Waals surface area contributed by atoms with Crippen LogP contribution in [-0.2, 0) is 9.53 Å². The molecule has 4 nitrogen and oxygen atoms in total. The third-order valence-corrected chi connectivity index (χ3v) is 5.07. The van der Waals surface area contributed by atoms with E-state index in [4.69, 9.17) is 4.74 Å². The van der Waals surface area contributed by atoms with Crippen LogP contribution in [0.2, 0.25) is 0 Å². The largest absolute Gasteiger partial charge is 0.466 e. The number of fused-ring (bicyclic) bond motifs is 1. The Morgan fingerprint density at radius 1 is 1.36 bits per heavy atom. The fourth-order valence-electron chi connectivity index (χ4n) is 2.86. The number of nitrogens with zero attached hydrogens (tertiary/aromatic N) is 1. The average Bonchev–Trinajstić information content (AvgIpc) is 2.98. The van der Waals surface area contributed by atoms with E-state index in [1.165, 1.54) is 11.3 Å². The van der Waals surface area contributed by atoms with Crippen LogP contribution in [0.5, 0.6) is 0 Å². The number of amides is 1. The minimum atomic E-state index is -0.188. The first kappa shape index (κ1) is 15.0. The summed E-state index contributed by atoms with van der Waals surface area (Å²) in [6.07, 6.45) is 1.65. The van der Waals surface area contributed by atoms with E-state index in [-0.39, 0.29) is 17.8 Å². The van der Waals surface area contributed by atoms with Gasteiger partial charge >= 0.3 is 5.97 Å². The molecule has 1 aromatic carbocycles. The molecule has 0 bridgehead atoms. The second kappa shape index (κ2) is 6.48.